The first kappa shape index (κ1) is 25.7. The number of aromatic nitrogens is 1. The molecule has 0 saturated carbocycles. The van der Waals surface area contributed by atoms with Crippen LogP contribution in [0, 0.1) is 5.82 Å². The topological polar surface area (TPSA) is 89.0 Å². The smallest absolute Gasteiger partial charge is 0.295 e. The van der Waals surface area contributed by atoms with E-state index >= 15 is 0 Å². The molecule has 1 aromatic heterocycles. The number of Topliss-reactive ketones (excluding diaryl/α,β-unsaturated/α-hetero) is 1. The Labute approximate surface area is 224 Å². The molecule has 1 saturated heterocycles. The van der Waals surface area contributed by atoms with E-state index in [9.17, 15) is 19.1 Å². The standard InChI is InChI=1S/C31H25FN2O5/c1-38-26-14-11-23(16-25(26)32)29(35)27-28(34(31(37)30(27)36)18-21-8-5-15-33-17-21)22-9-12-24(13-10-22)39-19-20-6-3-2-4-7-20/h2-17,28,35H,18-19H2,1H3/b29-27-. The van der Waals surface area contributed by atoms with Crippen molar-refractivity contribution in [3.8, 4) is 11.5 Å². The first-order valence-electron chi connectivity index (χ1n) is 12.2. The molecule has 0 aliphatic carbocycles. The lowest BCUT2D eigenvalue weighted by atomic mass is 9.95. The fourth-order valence-corrected chi connectivity index (χ4v) is 4.53. The molecule has 3 aromatic carbocycles. The first-order valence-corrected chi connectivity index (χ1v) is 12.2. The predicted molar refractivity (Wildman–Crippen MR) is 142 cm³/mol. The van der Waals surface area contributed by atoms with Crippen LogP contribution in [0.1, 0.15) is 28.3 Å². The van der Waals surface area contributed by atoms with E-state index in [0.717, 1.165) is 11.6 Å². The van der Waals surface area contributed by atoms with Crippen molar-refractivity contribution in [3.05, 3.63) is 131 Å². The SMILES string of the molecule is COc1ccc(/C(O)=C2/C(=O)C(=O)N(Cc3cccnc3)C2c2ccc(OCc3ccccc3)cc2)cc1F. The highest BCUT2D eigenvalue weighted by atomic mass is 19.1. The number of carbonyl (C=O) groups excluding carboxylic acids is 2. The number of rotatable bonds is 8. The minimum Gasteiger partial charge on any atom is -0.507 e. The van der Waals surface area contributed by atoms with E-state index < -0.39 is 29.3 Å². The van der Waals surface area contributed by atoms with Crippen LogP contribution >= 0.6 is 0 Å². The summed E-state index contributed by atoms with van der Waals surface area (Å²) in [5.41, 5.74) is 2.23. The number of benzene rings is 3. The first-order chi connectivity index (χ1) is 19.0. The second-order valence-electron chi connectivity index (χ2n) is 8.98. The van der Waals surface area contributed by atoms with Crippen LogP contribution in [0.15, 0.2) is 103 Å². The number of amides is 1. The number of pyridine rings is 1. The predicted octanol–water partition coefficient (Wildman–Crippen LogP) is 5.43. The van der Waals surface area contributed by atoms with E-state index in [1.807, 2.05) is 30.3 Å². The van der Waals surface area contributed by atoms with Gasteiger partial charge < -0.3 is 19.5 Å². The second kappa shape index (κ2) is 11.2. The molecule has 4 aromatic rings. The summed E-state index contributed by atoms with van der Waals surface area (Å²) < 4.78 is 25.3. The fourth-order valence-electron chi connectivity index (χ4n) is 4.53. The number of halogens is 1. The van der Waals surface area contributed by atoms with Crippen LogP contribution in [0.3, 0.4) is 0 Å². The van der Waals surface area contributed by atoms with Gasteiger partial charge in [-0.05, 0) is 53.1 Å². The highest BCUT2D eigenvalue weighted by Gasteiger charge is 2.46. The monoisotopic (exact) mass is 524 g/mol. The van der Waals surface area contributed by atoms with Gasteiger partial charge in [0.05, 0.1) is 18.7 Å². The summed E-state index contributed by atoms with van der Waals surface area (Å²) >= 11 is 0. The van der Waals surface area contributed by atoms with Crippen molar-refractivity contribution in [1.29, 1.82) is 0 Å². The second-order valence-corrected chi connectivity index (χ2v) is 8.98. The summed E-state index contributed by atoms with van der Waals surface area (Å²) in [5.74, 6) is -2.22. The van der Waals surface area contributed by atoms with Crippen LogP contribution in [0.25, 0.3) is 5.76 Å². The summed E-state index contributed by atoms with van der Waals surface area (Å²) in [4.78, 5) is 32.0. The number of aliphatic hydroxyl groups excluding tert-OH is 1. The van der Waals surface area contributed by atoms with E-state index in [1.54, 1.807) is 48.8 Å². The summed E-state index contributed by atoms with van der Waals surface area (Å²) in [6.07, 6.45) is 3.22. The molecule has 1 N–H and O–H groups in total. The zero-order valence-electron chi connectivity index (χ0n) is 21.1. The van der Waals surface area contributed by atoms with Gasteiger partial charge in [0, 0.05) is 24.5 Å². The van der Waals surface area contributed by atoms with Gasteiger partial charge in [-0.25, -0.2) is 4.39 Å². The van der Waals surface area contributed by atoms with E-state index in [4.69, 9.17) is 9.47 Å². The molecule has 0 bridgehead atoms. The maximum Gasteiger partial charge on any atom is 0.295 e. The van der Waals surface area contributed by atoms with Gasteiger partial charge in [-0.2, -0.15) is 0 Å². The molecule has 1 atom stereocenters. The van der Waals surface area contributed by atoms with Gasteiger partial charge in [0.2, 0.25) is 0 Å². The van der Waals surface area contributed by atoms with Crippen LogP contribution < -0.4 is 9.47 Å². The van der Waals surface area contributed by atoms with Crippen molar-refractivity contribution in [2.24, 2.45) is 0 Å². The number of ether oxygens (including phenoxy) is 2. The molecule has 1 aliphatic heterocycles. The molecule has 39 heavy (non-hydrogen) atoms. The Bertz CT molecular complexity index is 1520. The number of carbonyl (C=O) groups is 2. The molecular weight excluding hydrogens is 499 g/mol. The number of likely N-dealkylation sites (tertiary alicyclic amines) is 1. The maximum absolute atomic E-state index is 14.5. The van der Waals surface area contributed by atoms with Gasteiger partial charge in [0.25, 0.3) is 11.7 Å². The third-order valence-corrected chi connectivity index (χ3v) is 6.49. The average Bonchev–Trinajstić information content (AvgIpc) is 3.22. The Morgan fingerprint density at radius 3 is 2.38 bits per heavy atom. The van der Waals surface area contributed by atoms with Gasteiger partial charge >= 0.3 is 0 Å². The molecular formula is C31H25FN2O5. The van der Waals surface area contributed by atoms with E-state index in [-0.39, 0.29) is 23.4 Å². The van der Waals surface area contributed by atoms with Gasteiger partial charge in [-0.15, -0.1) is 0 Å². The van der Waals surface area contributed by atoms with Crippen molar-refractivity contribution in [1.82, 2.24) is 9.88 Å². The molecule has 0 radical (unpaired) electrons. The van der Waals surface area contributed by atoms with Crippen LogP contribution in [-0.4, -0.2) is 33.8 Å². The molecule has 1 aliphatic rings. The Morgan fingerprint density at radius 2 is 1.72 bits per heavy atom. The van der Waals surface area contributed by atoms with Gasteiger partial charge in [-0.3, -0.25) is 14.6 Å². The minimum absolute atomic E-state index is 0.00813. The molecule has 1 amide bonds. The number of hydrogen-bond acceptors (Lipinski definition) is 6. The number of ketones is 1. The van der Waals surface area contributed by atoms with Crippen molar-refractivity contribution in [2.75, 3.05) is 7.11 Å². The Balaban J connectivity index is 1.53. The van der Waals surface area contributed by atoms with Crippen LogP contribution in [0.2, 0.25) is 0 Å². The van der Waals surface area contributed by atoms with Crippen molar-refractivity contribution < 1.29 is 28.6 Å². The lowest BCUT2D eigenvalue weighted by Gasteiger charge is -2.25. The van der Waals surface area contributed by atoms with E-state index in [2.05, 4.69) is 4.98 Å². The highest BCUT2D eigenvalue weighted by molar-refractivity contribution is 6.46. The third-order valence-electron chi connectivity index (χ3n) is 6.49. The molecule has 0 spiro atoms. The lowest BCUT2D eigenvalue weighted by molar-refractivity contribution is -0.140. The zero-order chi connectivity index (χ0) is 27.4. The molecule has 196 valence electrons. The Morgan fingerprint density at radius 1 is 0.974 bits per heavy atom. The molecule has 5 rings (SSSR count). The quantitative estimate of drug-likeness (QED) is 0.188. The minimum atomic E-state index is -0.918. The van der Waals surface area contributed by atoms with Crippen molar-refractivity contribution >= 4 is 17.4 Å². The Kier molecular flexibility index (Phi) is 7.36. The Hall–Kier alpha value is -4.98. The molecule has 1 fully saturated rings. The van der Waals surface area contributed by atoms with Crippen LogP contribution in [0.4, 0.5) is 4.39 Å². The average molecular weight is 525 g/mol. The van der Waals surface area contributed by atoms with Crippen molar-refractivity contribution in [3.63, 3.8) is 0 Å². The number of hydrogen-bond donors (Lipinski definition) is 1. The lowest BCUT2D eigenvalue weighted by Crippen LogP contribution is -2.29. The normalized spacial score (nSPS) is 16.4. The molecule has 2 heterocycles. The maximum atomic E-state index is 14.5. The summed E-state index contributed by atoms with van der Waals surface area (Å²) in [6, 6.07) is 23.2. The molecule has 1 unspecified atom stereocenters. The largest absolute Gasteiger partial charge is 0.507 e. The summed E-state index contributed by atoms with van der Waals surface area (Å²) in [5, 5.41) is 11.2. The van der Waals surface area contributed by atoms with E-state index in [1.165, 1.54) is 24.1 Å². The summed E-state index contributed by atoms with van der Waals surface area (Å²) in [7, 11) is 1.33. The van der Waals surface area contributed by atoms with Gasteiger partial charge in [0.15, 0.2) is 11.6 Å². The number of methoxy groups -OCH3 is 1. The number of nitrogens with zero attached hydrogens (tertiary/aromatic N) is 2. The van der Waals surface area contributed by atoms with Gasteiger partial charge in [-0.1, -0.05) is 48.5 Å². The van der Waals surface area contributed by atoms with Crippen LogP contribution in [0.5, 0.6) is 11.5 Å². The van der Waals surface area contributed by atoms with Gasteiger partial charge in [0.1, 0.15) is 18.1 Å². The van der Waals surface area contributed by atoms with Crippen LogP contribution in [-0.2, 0) is 22.7 Å². The van der Waals surface area contributed by atoms with E-state index in [0.29, 0.717) is 23.5 Å². The zero-order valence-corrected chi connectivity index (χ0v) is 21.1. The van der Waals surface area contributed by atoms with Crippen molar-refractivity contribution in [2.45, 2.75) is 19.2 Å². The molecule has 7 nitrogen and oxygen atoms in total. The fraction of sp³-hybridized carbons (Fsp3) is 0.129. The molecule has 8 heteroatoms. The number of aliphatic hydroxyl groups is 1. The third kappa shape index (κ3) is 5.36. The highest BCUT2D eigenvalue weighted by Crippen LogP contribution is 2.41. The summed E-state index contributed by atoms with van der Waals surface area (Å²) in [6.45, 7) is 0.464.